The first-order valence-electron chi connectivity index (χ1n) is 8.68. The second-order valence-electron chi connectivity index (χ2n) is 6.71. The summed E-state index contributed by atoms with van der Waals surface area (Å²) in [5, 5.41) is 2.87. The first-order chi connectivity index (χ1) is 11.4. The molecule has 1 aromatic rings. The van der Waals surface area contributed by atoms with Crippen LogP contribution in [0.4, 0.5) is 0 Å². The lowest BCUT2D eigenvalue weighted by molar-refractivity contribution is -0.121. The molecule has 1 amide bonds. The van der Waals surface area contributed by atoms with Gasteiger partial charge in [-0.25, -0.2) is 12.7 Å². The highest BCUT2D eigenvalue weighted by molar-refractivity contribution is 7.89. The fourth-order valence-electron chi connectivity index (χ4n) is 3.19. The van der Waals surface area contributed by atoms with Crippen LogP contribution in [-0.2, 0) is 21.4 Å². The minimum absolute atomic E-state index is 0.00220. The van der Waals surface area contributed by atoms with Gasteiger partial charge in [-0.05, 0) is 24.0 Å². The summed E-state index contributed by atoms with van der Waals surface area (Å²) in [6, 6.07) is 6.82. The molecule has 0 radical (unpaired) electrons. The maximum atomic E-state index is 12.3. The maximum Gasteiger partial charge on any atom is 0.242 e. The second kappa shape index (κ2) is 8.62. The number of nitrogens with zero attached hydrogens (tertiary/aromatic N) is 1. The quantitative estimate of drug-likeness (QED) is 0.820. The molecule has 0 aliphatic heterocycles. The summed E-state index contributed by atoms with van der Waals surface area (Å²) in [4.78, 5) is 12.3. The Balaban J connectivity index is 1.91. The minimum Gasteiger partial charge on any atom is -0.352 e. The summed E-state index contributed by atoms with van der Waals surface area (Å²) >= 11 is 0. The van der Waals surface area contributed by atoms with E-state index in [-0.39, 0.29) is 17.3 Å². The Morgan fingerprint density at radius 2 is 1.83 bits per heavy atom. The third-order valence-electron chi connectivity index (χ3n) is 4.71. The lowest BCUT2D eigenvalue weighted by Crippen LogP contribution is -2.27. The number of benzene rings is 1. The molecule has 1 N–H and O–H groups in total. The molecule has 0 atom stereocenters. The van der Waals surface area contributed by atoms with Gasteiger partial charge in [-0.15, -0.1) is 0 Å². The van der Waals surface area contributed by atoms with Crippen LogP contribution in [0.3, 0.4) is 0 Å². The van der Waals surface area contributed by atoms with E-state index in [0.29, 0.717) is 17.9 Å². The average Bonchev–Trinajstić information content (AvgIpc) is 2.59. The number of carbonyl (C=O) groups excluding carboxylic acids is 1. The van der Waals surface area contributed by atoms with Gasteiger partial charge in [0.2, 0.25) is 15.9 Å². The summed E-state index contributed by atoms with van der Waals surface area (Å²) in [5.74, 6) is 0.670. The highest BCUT2D eigenvalue weighted by atomic mass is 32.2. The smallest absolute Gasteiger partial charge is 0.242 e. The Labute approximate surface area is 145 Å². The van der Waals surface area contributed by atoms with Crippen molar-refractivity contribution in [2.45, 2.75) is 56.4 Å². The first kappa shape index (κ1) is 18.9. The molecule has 1 saturated carbocycles. The molecule has 5 nitrogen and oxygen atoms in total. The van der Waals surface area contributed by atoms with Crippen molar-refractivity contribution in [1.29, 1.82) is 0 Å². The van der Waals surface area contributed by atoms with Crippen LogP contribution in [0.1, 0.15) is 50.5 Å². The highest BCUT2D eigenvalue weighted by Gasteiger charge is 2.21. The van der Waals surface area contributed by atoms with E-state index in [1.165, 1.54) is 50.5 Å². The van der Waals surface area contributed by atoms with Gasteiger partial charge in [0, 0.05) is 27.1 Å². The van der Waals surface area contributed by atoms with Crippen molar-refractivity contribution in [3.63, 3.8) is 0 Å². The molecule has 1 aliphatic rings. The van der Waals surface area contributed by atoms with Crippen molar-refractivity contribution in [3.05, 3.63) is 29.8 Å². The molecule has 1 aromatic carbocycles. The van der Waals surface area contributed by atoms with Crippen molar-refractivity contribution in [1.82, 2.24) is 9.62 Å². The zero-order chi connectivity index (χ0) is 17.6. The number of hydrogen-bond acceptors (Lipinski definition) is 3. The fourth-order valence-corrected chi connectivity index (χ4v) is 4.31. The summed E-state index contributed by atoms with van der Waals surface area (Å²) in [6.07, 6.45) is 7.80. The van der Waals surface area contributed by atoms with Crippen LogP contribution in [0, 0.1) is 5.92 Å². The van der Waals surface area contributed by atoms with Gasteiger partial charge in [0.15, 0.2) is 0 Å². The van der Waals surface area contributed by atoms with E-state index in [9.17, 15) is 13.2 Å². The monoisotopic (exact) mass is 352 g/mol. The predicted octanol–water partition coefficient (Wildman–Crippen LogP) is 2.91. The van der Waals surface area contributed by atoms with Gasteiger partial charge in [-0.2, -0.15) is 0 Å². The first-order valence-corrected chi connectivity index (χ1v) is 10.1. The average molecular weight is 353 g/mol. The summed E-state index contributed by atoms with van der Waals surface area (Å²) in [7, 11) is -0.485. The molecule has 6 heteroatoms. The maximum absolute atomic E-state index is 12.3. The van der Waals surface area contributed by atoms with Crippen molar-refractivity contribution in [3.8, 4) is 0 Å². The van der Waals surface area contributed by atoms with Gasteiger partial charge in [0.05, 0.1) is 4.90 Å². The Morgan fingerprint density at radius 1 is 1.17 bits per heavy atom. The lowest BCUT2D eigenvalue weighted by atomic mass is 9.86. The Morgan fingerprint density at radius 3 is 2.50 bits per heavy atom. The Hall–Kier alpha value is -1.40. The summed E-state index contributed by atoms with van der Waals surface area (Å²) < 4.78 is 25.9. The third-order valence-corrected chi connectivity index (χ3v) is 6.63. The lowest BCUT2D eigenvalue weighted by Gasteiger charge is -2.21. The van der Waals surface area contributed by atoms with Crippen molar-refractivity contribution in [2.24, 2.45) is 5.92 Å². The second-order valence-corrected chi connectivity index (χ2v) is 8.83. The van der Waals surface area contributed by atoms with E-state index in [1.54, 1.807) is 24.3 Å². The van der Waals surface area contributed by atoms with Crippen LogP contribution in [0.5, 0.6) is 0 Å². The molecule has 0 aromatic heterocycles. The topological polar surface area (TPSA) is 66.5 Å². The molecule has 1 fully saturated rings. The fraction of sp³-hybridized carbons (Fsp3) is 0.611. The normalized spacial score (nSPS) is 16.3. The molecular formula is C18H28N2O3S. The van der Waals surface area contributed by atoms with E-state index in [2.05, 4.69) is 5.32 Å². The molecule has 134 valence electrons. The van der Waals surface area contributed by atoms with Crippen LogP contribution >= 0.6 is 0 Å². The van der Waals surface area contributed by atoms with E-state index < -0.39 is 10.0 Å². The van der Waals surface area contributed by atoms with Crippen LogP contribution in [-0.4, -0.2) is 32.7 Å². The zero-order valence-electron chi connectivity index (χ0n) is 14.6. The molecule has 1 aliphatic carbocycles. The zero-order valence-corrected chi connectivity index (χ0v) is 15.4. The number of nitrogens with one attached hydrogen (secondary N) is 1. The number of hydrogen-bond donors (Lipinski definition) is 1. The summed E-state index contributed by atoms with van der Waals surface area (Å²) in [6.45, 7) is 0.243. The Bertz CT molecular complexity index is 650. The molecule has 24 heavy (non-hydrogen) atoms. The molecule has 0 bridgehead atoms. The largest absolute Gasteiger partial charge is 0.352 e. The number of sulfonamides is 1. The van der Waals surface area contributed by atoms with Gasteiger partial charge < -0.3 is 5.32 Å². The van der Waals surface area contributed by atoms with Gasteiger partial charge >= 0.3 is 0 Å². The van der Waals surface area contributed by atoms with Gasteiger partial charge in [0.25, 0.3) is 0 Å². The van der Waals surface area contributed by atoms with E-state index in [1.807, 2.05) is 0 Å². The molecular weight excluding hydrogens is 324 g/mol. The van der Waals surface area contributed by atoms with Gasteiger partial charge in [-0.1, -0.05) is 50.3 Å². The third kappa shape index (κ3) is 5.05. The molecule has 0 unspecified atom stereocenters. The van der Waals surface area contributed by atoms with Crippen LogP contribution < -0.4 is 5.32 Å². The predicted molar refractivity (Wildman–Crippen MR) is 95.0 cm³/mol. The highest BCUT2D eigenvalue weighted by Crippen LogP contribution is 2.27. The SMILES string of the molecule is CN(C)S(=O)(=O)c1ccccc1CNC(=O)CCC1CCCCC1. The van der Waals surface area contributed by atoms with Crippen LogP contribution in [0.2, 0.25) is 0 Å². The Kier molecular flexibility index (Phi) is 6.80. The number of rotatable bonds is 7. The molecule has 0 saturated heterocycles. The number of amides is 1. The minimum atomic E-state index is -3.50. The van der Waals surface area contributed by atoms with Gasteiger partial charge in [0.1, 0.15) is 0 Å². The van der Waals surface area contributed by atoms with Crippen LogP contribution in [0.15, 0.2) is 29.2 Å². The van der Waals surface area contributed by atoms with E-state index in [4.69, 9.17) is 0 Å². The van der Waals surface area contributed by atoms with Crippen molar-refractivity contribution in [2.75, 3.05) is 14.1 Å². The van der Waals surface area contributed by atoms with Crippen molar-refractivity contribution < 1.29 is 13.2 Å². The molecule has 2 rings (SSSR count). The van der Waals surface area contributed by atoms with E-state index in [0.717, 1.165) is 6.42 Å². The standard InChI is InChI=1S/C18H28N2O3S/c1-20(2)24(22,23)17-11-7-6-10-16(17)14-19-18(21)13-12-15-8-4-3-5-9-15/h6-7,10-11,15H,3-5,8-9,12-14H2,1-2H3,(H,19,21). The van der Waals surface area contributed by atoms with Crippen molar-refractivity contribution >= 4 is 15.9 Å². The molecule has 0 heterocycles. The van der Waals surface area contributed by atoms with E-state index >= 15 is 0 Å². The number of carbonyl (C=O) groups is 1. The summed E-state index contributed by atoms with van der Waals surface area (Å²) in [5.41, 5.74) is 0.622. The van der Waals surface area contributed by atoms with Crippen LogP contribution in [0.25, 0.3) is 0 Å². The van der Waals surface area contributed by atoms with Gasteiger partial charge in [-0.3, -0.25) is 4.79 Å². The molecule has 0 spiro atoms.